The highest BCUT2D eigenvalue weighted by molar-refractivity contribution is 5.83. The van der Waals surface area contributed by atoms with Gasteiger partial charge in [0, 0.05) is 12.5 Å². The average Bonchev–Trinajstić information content (AvgIpc) is 2.25. The van der Waals surface area contributed by atoms with Crippen LogP contribution in [-0.4, -0.2) is 24.4 Å². The van der Waals surface area contributed by atoms with Crippen molar-refractivity contribution >= 4 is 11.8 Å². The second-order valence-corrected chi connectivity index (χ2v) is 4.56. The smallest absolute Gasteiger partial charge is 0.236 e. The van der Waals surface area contributed by atoms with Crippen molar-refractivity contribution in [2.75, 3.05) is 6.54 Å². The topological polar surface area (TPSA) is 98.2 Å². The highest BCUT2D eigenvalue weighted by atomic mass is 16.2. The van der Waals surface area contributed by atoms with Gasteiger partial charge in [0.15, 0.2) is 0 Å². The predicted molar refractivity (Wildman–Crippen MR) is 61.4 cm³/mol. The molecule has 0 aromatic heterocycles. The van der Waals surface area contributed by atoms with Gasteiger partial charge in [-0.2, -0.15) is 0 Å². The van der Waals surface area contributed by atoms with Gasteiger partial charge in [-0.1, -0.05) is 0 Å². The molecule has 5 nitrogen and oxygen atoms in total. The molecular formula is C11H21N3O2. The minimum atomic E-state index is -0.503. The summed E-state index contributed by atoms with van der Waals surface area (Å²) in [7, 11) is 0. The summed E-state index contributed by atoms with van der Waals surface area (Å²) in [5.74, 6) is 0.0183. The molecule has 92 valence electrons. The summed E-state index contributed by atoms with van der Waals surface area (Å²) in [6, 6.07) is 0.347. The maximum atomic E-state index is 11.3. The Bertz CT molecular complexity index is 248. The van der Waals surface area contributed by atoms with Gasteiger partial charge >= 0.3 is 0 Å². The lowest BCUT2D eigenvalue weighted by Gasteiger charge is -2.25. The molecule has 2 amide bonds. The minimum absolute atomic E-state index is 0.0611. The Morgan fingerprint density at radius 3 is 2.38 bits per heavy atom. The Hall–Kier alpha value is -1.10. The van der Waals surface area contributed by atoms with Crippen LogP contribution in [0, 0.1) is 5.92 Å². The quantitative estimate of drug-likeness (QED) is 0.611. The third-order valence-electron chi connectivity index (χ3n) is 3.13. The number of hydrogen-bond acceptors (Lipinski definition) is 3. The molecule has 0 bridgehead atoms. The SMILES string of the molecule is NC(=O)CNC(=O)CCC1CCC(N)CC1. The molecule has 0 unspecified atom stereocenters. The molecule has 16 heavy (non-hydrogen) atoms. The normalized spacial score (nSPS) is 25.1. The Labute approximate surface area is 95.9 Å². The molecule has 0 spiro atoms. The van der Waals surface area contributed by atoms with Crippen molar-refractivity contribution in [3.05, 3.63) is 0 Å². The van der Waals surface area contributed by atoms with Crippen molar-refractivity contribution in [2.24, 2.45) is 17.4 Å². The molecule has 1 saturated carbocycles. The van der Waals surface area contributed by atoms with Gasteiger partial charge in [0.1, 0.15) is 0 Å². The van der Waals surface area contributed by atoms with Crippen LogP contribution in [0.1, 0.15) is 38.5 Å². The van der Waals surface area contributed by atoms with E-state index in [-0.39, 0.29) is 12.5 Å². The van der Waals surface area contributed by atoms with E-state index in [4.69, 9.17) is 11.5 Å². The zero-order valence-corrected chi connectivity index (χ0v) is 9.58. The van der Waals surface area contributed by atoms with Crippen LogP contribution in [0.3, 0.4) is 0 Å². The number of rotatable bonds is 5. The van der Waals surface area contributed by atoms with Crippen LogP contribution in [0.4, 0.5) is 0 Å². The molecule has 0 atom stereocenters. The van der Waals surface area contributed by atoms with E-state index in [1.54, 1.807) is 0 Å². The first kappa shape index (κ1) is 13.0. The molecular weight excluding hydrogens is 206 g/mol. The molecule has 0 aromatic carbocycles. The van der Waals surface area contributed by atoms with Crippen LogP contribution in [0.5, 0.6) is 0 Å². The molecule has 0 aliphatic heterocycles. The van der Waals surface area contributed by atoms with Crippen molar-refractivity contribution in [1.29, 1.82) is 0 Å². The molecule has 1 fully saturated rings. The van der Waals surface area contributed by atoms with Gasteiger partial charge in [-0.3, -0.25) is 9.59 Å². The second kappa shape index (κ2) is 6.48. The lowest BCUT2D eigenvalue weighted by Crippen LogP contribution is -2.33. The van der Waals surface area contributed by atoms with Crippen molar-refractivity contribution in [3.8, 4) is 0 Å². The van der Waals surface area contributed by atoms with Crippen LogP contribution < -0.4 is 16.8 Å². The summed E-state index contributed by atoms with van der Waals surface area (Å²) < 4.78 is 0. The fraction of sp³-hybridized carbons (Fsp3) is 0.818. The third-order valence-corrected chi connectivity index (χ3v) is 3.13. The highest BCUT2D eigenvalue weighted by Gasteiger charge is 2.19. The van der Waals surface area contributed by atoms with E-state index in [2.05, 4.69) is 5.32 Å². The van der Waals surface area contributed by atoms with Gasteiger partial charge in [0.05, 0.1) is 6.54 Å². The van der Waals surface area contributed by atoms with E-state index in [0.29, 0.717) is 18.4 Å². The monoisotopic (exact) mass is 227 g/mol. The maximum absolute atomic E-state index is 11.3. The van der Waals surface area contributed by atoms with Crippen molar-refractivity contribution in [1.82, 2.24) is 5.32 Å². The van der Waals surface area contributed by atoms with Gasteiger partial charge in [0.25, 0.3) is 0 Å². The number of hydrogen-bond donors (Lipinski definition) is 3. The average molecular weight is 227 g/mol. The maximum Gasteiger partial charge on any atom is 0.236 e. The summed E-state index contributed by atoms with van der Waals surface area (Å²) in [6.07, 6.45) is 5.72. The van der Waals surface area contributed by atoms with Gasteiger partial charge in [0.2, 0.25) is 11.8 Å². The predicted octanol–water partition coefficient (Wildman–Crippen LogP) is -0.114. The molecule has 1 aliphatic carbocycles. The molecule has 1 aliphatic rings. The number of nitrogens with one attached hydrogen (secondary N) is 1. The Kier molecular flexibility index (Phi) is 5.25. The fourth-order valence-electron chi connectivity index (χ4n) is 2.09. The molecule has 0 aromatic rings. The fourth-order valence-corrected chi connectivity index (χ4v) is 2.09. The lowest BCUT2D eigenvalue weighted by molar-refractivity contribution is -0.125. The van der Waals surface area contributed by atoms with Crippen LogP contribution in [0.25, 0.3) is 0 Å². The summed E-state index contributed by atoms with van der Waals surface area (Å²) >= 11 is 0. The summed E-state index contributed by atoms with van der Waals surface area (Å²) in [5, 5.41) is 2.49. The van der Waals surface area contributed by atoms with E-state index >= 15 is 0 Å². The molecule has 5 N–H and O–H groups in total. The Morgan fingerprint density at radius 1 is 1.19 bits per heavy atom. The molecule has 0 radical (unpaired) electrons. The van der Waals surface area contributed by atoms with Crippen molar-refractivity contribution in [2.45, 2.75) is 44.6 Å². The van der Waals surface area contributed by atoms with Gasteiger partial charge < -0.3 is 16.8 Å². The number of amides is 2. The van der Waals surface area contributed by atoms with Crippen LogP contribution in [0.2, 0.25) is 0 Å². The Morgan fingerprint density at radius 2 is 1.81 bits per heavy atom. The summed E-state index contributed by atoms with van der Waals surface area (Å²) in [5.41, 5.74) is 10.7. The number of carbonyl (C=O) groups excluding carboxylic acids is 2. The lowest BCUT2D eigenvalue weighted by atomic mass is 9.84. The zero-order valence-electron chi connectivity index (χ0n) is 9.58. The number of nitrogens with two attached hydrogens (primary N) is 2. The largest absolute Gasteiger partial charge is 0.368 e. The number of primary amides is 1. The standard InChI is InChI=1S/C11H21N3O2/c12-9-4-1-8(2-5-9)3-6-11(16)14-7-10(13)15/h8-9H,1-7,12H2,(H2,13,15)(H,14,16). The first-order valence-electron chi connectivity index (χ1n) is 5.88. The first-order chi connectivity index (χ1) is 7.58. The van der Waals surface area contributed by atoms with Crippen LogP contribution in [-0.2, 0) is 9.59 Å². The van der Waals surface area contributed by atoms with E-state index in [9.17, 15) is 9.59 Å². The molecule has 1 rings (SSSR count). The van der Waals surface area contributed by atoms with E-state index in [1.807, 2.05) is 0 Å². The van der Waals surface area contributed by atoms with Crippen molar-refractivity contribution < 1.29 is 9.59 Å². The first-order valence-corrected chi connectivity index (χ1v) is 5.88. The number of carbonyl (C=O) groups is 2. The third kappa shape index (κ3) is 5.11. The van der Waals surface area contributed by atoms with Gasteiger partial charge in [-0.15, -0.1) is 0 Å². The molecule has 0 saturated heterocycles. The molecule has 5 heteroatoms. The second-order valence-electron chi connectivity index (χ2n) is 4.56. The van der Waals surface area contributed by atoms with Crippen LogP contribution >= 0.6 is 0 Å². The van der Waals surface area contributed by atoms with Crippen LogP contribution in [0.15, 0.2) is 0 Å². The summed E-state index contributed by atoms with van der Waals surface area (Å²) in [6.45, 7) is -0.0611. The minimum Gasteiger partial charge on any atom is -0.368 e. The summed E-state index contributed by atoms with van der Waals surface area (Å²) in [4.78, 5) is 21.8. The van der Waals surface area contributed by atoms with Gasteiger partial charge in [-0.25, -0.2) is 0 Å². The Balaban J connectivity index is 2.09. The molecule has 0 heterocycles. The van der Waals surface area contributed by atoms with E-state index < -0.39 is 5.91 Å². The van der Waals surface area contributed by atoms with Gasteiger partial charge in [-0.05, 0) is 38.0 Å². The zero-order chi connectivity index (χ0) is 12.0. The highest BCUT2D eigenvalue weighted by Crippen LogP contribution is 2.26. The van der Waals surface area contributed by atoms with E-state index in [0.717, 1.165) is 32.1 Å². The van der Waals surface area contributed by atoms with Crippen molar-refractivity contribution in [3.63, 3.8) is 0 Å². The van der Waals surface area contributed by atoms with E-state index in [1.165, 1.54) is 0 Å².